The molecule has 96 valence electrons. The second kappa shape index (κ2) is 4.99. The van der Waals surface area contributed by atoms with Crippen molar-refractivity contribution in [3.8, 4) is 0 Å². The Hall–Kier alpha value is -0.180. The fourth-order valence-electron chi connectivity index (χ4n) is 1.58. The molecule has 0 radical (unpaired) electrons. The van der Waals surface area contributed by atoms with Gasteiger partial charge < -0.3 is 5.11 Å². The van der Waals surface area contributed by atoms with Crippen molar-refractivity contribution in [2.24, 2.45) is 0 Å². The fourth-order valence-corrected chi connectivity index (χ4v) is 5.94. The lowest BCUT2D eigenvalue weighted by atomic mass is 10.3. The van der Waals surface area contributed by atoms with E-state index < -0.39 is 31.2 Å². The first-order valence-corrected chi connectivity index (χ1v) is 8.50. The maximum absolute atomic E-state index is 11.8. The highest BCUT2D eigenvalue weighted by Gasteiger charge is 2.37. The number of sulfonamides is 1. The maximum Gasteiger partial charge on any atom is 0.215 e. The van der Waals surface area contributed by atoms with Gasteiger partial charge in [0.2, 0.25) is 10.0 Å². The van der Waals surface area contributed by atoms with Crippen molar-refractivity contribution >= 4 is 19.9 Å². The molecule has 0 aliphatic carbocycles. The molecular weight excluding hydrogens is 254 g/mol. The summed E-state index contributed by atoms with van der Waals surface area (Å²) in [6.07, 6.45) is 0.606. The van der Waals surface area contributed by atoms with Crippen molar-refractivity contribution < 1.29 is 21.9 Å². The summed E-state index contributed by atoms with van der Waals surface area (Å²) in [5, 5.41) is 8.01. The third kappa shape index (κ3) is 3.41. The normalized spacial score (nSPS) is 26.8. The lowest BCUT2D eigenvalue weighted by Gasteiger charge is -2.17. The van der Waals surface area contributed by atoms with Crippen LogP contribution in [0.4, 0.5) is 0 Å². The zero-order valence-corrected chi connectivity index (χ0v) is 10.7. The summed E-state index contributed by atoms with van der Waals surface area (Å²) in [4.78, 5) is 0. The van der Waals surface area contributed by atoms with Crippen LogP contribution in [0, 0.1) is 0 Å². The summed E-state index contributed by atoms with van der Waals surface area (Å²) in [6.45, 7) is 1.46. The molecule has 0 amide bonds. The third-order valence-electron chi connectivity index (χ3n) is 2.67. The Morgan fingerprint density at radius 2 is 2.12 bits per heavy atom. The fraction of sp³-hybridized carbons (Fsp3) is 1.00. The molecule has 16 heavy (non-hydrogen) atoms. The molecule has 1 unspecified atom stereocenters. The van der Waals surface area contributed by atoms with Crippen LogP contribution in [0.5, 0.6) is 0 Å². The molecule has 0 aromatic carbocycles. The first kappa shape index (κ1) is 13.9. The van der Waals surface area contributed by atoms with Gasteiger partial charge in [-0.25, -0.2) is 21.6 Å². The monoisotopic (exact) mass is 271 g/mol. The minimum atomic E-state index is -3.64. The Balaban J connectivity index is 2.72. The van der Waals surface area contributed by atoms with Crippen LogP contribution in [0.1, 0.15) is 19.8 Å². The molecule has 1 saturated heterocycles. The zero-order chi connectivity index (χ0) is 12.4. The van der Waals surface area contributed by atoms with Crippen LogP contribution in [0.3, 0.4) is 0 Å². The number of aliphatic hydroxyl groups excluding tert-OH is 1. The average molecular weight is 271 g/mol. The second-order valence-electron chi connectivity index (χ2n) is 3.98. The molecule has 2 atom stereocenters. The maximum atomic E-state index is 11.8. The van der Waals surface area contributed by atoms with Crippen molar-refractivity contribution in [1.29, 1.82) is 0 Å². The summed E-state index contributed by atoms with van der Waals surface area (Å²) in [5.74, 6) is -0.390. The van der Waals surface area contributed by atoms with Gasteiger partial charge in [-0.2, -0.15) is 0 Å². The average Bonchev–Trinajstić information content (AvgIpc) is 2.56. The van der Waals surface area contributed by atoms with Crippen LogP contribution in [-0.4, -0.2) is 51.3 Å². The molecule has 8 heteroatoms. The van der Waals surface area contributed by atoms with Gasteiger partial charge in [0, 0.05) is 6.04 Å². The van der Waals surface area contributed by atoms with Crippen molar-refractivity contribution in [3.63, 3.8) is 0 Å². The SMILES string of the molecule is CC[C@H](CO)NS(=O)(=O)C1CCS(=O)(=O)C1. The van der Waals surface area contributed by atoms with E-state index in [1.54, 1.807) is 6.92 Å². The Morgan fingerprint density at radius 3 is 2.50 bits per heavy atom. The topological polar surface area (TPSA) is 101 Å². The molecule has 1 aliphatic rings. The summed E-state index contributed by atoms with van der Waals surface area (Å²) in [6, 6.07) is -0.534. The second-order valence-corrected chi connectivity index (χ2v) is 8.20. The van der Waals surface area contributed by atoms with E-state index in [2.05, 4.69) is 4.72 Å². The van der Waals surface area contributed by atoms with E-state index in [1.807, 2.05) is 0 Å². The highest BCUT2D eigenvalue weighted by atomic mass is 32.2. The number of rotatable bonds is 5. The van der Waals surface area contributed by atoms with Gasteiger partial charge in [0.1, 0.15) is 0 Å². The van der Waals surface area contributed by atoms with E-state index in [0.29, 0.717) is 6.42 Å². The zero-order valence-electron chi connectivity index (χ0n) is 9.09. The van der Waals surface area contributed by atoms with Crippen molar-refractivity contribution in [2.75, 3.05) is 18.1 Å². The lowest BCUT2D eigenvalue weighted by molar-refractivity contribution is 0.253. The van der Waals surface area contributed by atoms with Gasteiger partial charge in [-0.1, -0.05) is 6.92 Å². The molecule has 0 saturated carbocycles. The lowest BCUT2D eigenvalue weighted by Crippen LogP contribution is -2.42. The largest absolute Gasteiger partial charge is 0.395 e. The van der Waals surface area contributed by atoms with Crippen molar-refractivity contribution in [2.45, 2.75) is 31.1 Å². The third-order valence-corrected chi connectivity index (χ3v) is 6.59. The summed E-state index contributed by atoms with van der Waals surface area (Å²) in [7, 11) is -6.85. The molecule has 1 heterocycles. The van der Waals surface area contributed by atoms with Gasteiger partial charge in [0.25, 0.3) is 0 Å². The highest BCUT2D eigenvalue weighted by Crippen LogP contribution is 2.18. The molecule has 2 N–H and O–H groups in total. The first-order valence-electron chi connectivity index (χ1n) is 5.13. The van der Waals surface area contributed by atoms with E-state index in [4.69, 9.17) is 5.11 Å². The van der Waals surface area contributed by atoms with E-state index in [1.165, 1.54) is 0 Å². The van der Waals surface area contributed by atoms with E-state index in [9.17, 15) is 16.8 Å². The summed E-state index contributed by atoms with van der Waals surface area (Å²) >= 11 is 0. The number of sulfone groups is 1. The summed E-state index contributed by atoms with van der Waals surface area (Å²) < 4.78 is 48.2. The van der Waals surface area contributed by atoms with E-state index in [0.717, 1.165) is 0 Å². The molecule has 1 fully saturated rings. The molecule has 6 nitrogen and oxygen atoms in total. The Kier molecular flexibility index (Phi) is 4.33. The molecule has 1 aliphatic heterocycles. The molecule has 0 bridgehead atoms. The van der Waals surface area contributed by atoms with E-state index in [-0.39, 0.29) is 24.5 Å². The summed E-state index contributed by atoms with van der Waals surface area (Å²) in [5.41, 5.74) is 0. The van der Waals surface area contributed by atoms with Crippen LogP contribution in [0.15, 0.2) is 0 Å². The number of aliphatic hydroxyl groups is 1. The predicted molar refractivity (Wildman–Crippen MR) is 60.3 cm³/mol. The number of hydrogen-bond donors (Lipinski definition) is 2. The molecule has 0 aromatic heterocycles. The molecular formula is C8H17NO5S2. The van der Waals surface area contributed by atoms with Gasteiger partial charge in [0.15, 0.2) is 9.84 Å². The minimum absolute atomic E-state index is 0.0749. The van der Waals surface area contributed by atoms with Gasteiger partial charge in [-0.3, -0.25) is 0 Å². The van der Waals surface area contributed by atoms with Crippen LogP contribution in [0.2, 0.25) is 0 Å². The first-order chi connectivity index (χ1) is 7.30. The quantitative estimate of drug-likeness (QED) is 0.658. The minimum Gasteiger partial charge on any atom is -0.395 e. The van der Waals surface area contributed by atoms with Gasteiger partial charge in [-0.15, -0.1) is 0 Å². The molecule has 0 aromatic rings. The predicted octanol–water partition coefficient (Wildman–Crippen LogP) is -1.14. The van der Waals surface area contributed by atoms with Gasteiger partial charge >= 0.3 is 0 Å². The van der Waals surface area contributed by atoms with Gasteiger partial charge in [0.05, 0.1) is 23.4 Å². The highest BCUT2D eigenvalue weighted by molar-refractivity contribution is 7.95. The van der Waals surface area contributed by atoms with Crippen LogP contribution >= 0.6 is 0 Å². The molecule has 0 spiro atoms. The van der Waals surface area contributed by atoms with Crippen molar-refractivity contribution in [1.82, 2.24) is 4.72 Å². The van der Waals surface area contributed by atoms with Crippen LogP contribution in [-0.2, 0) is 19.9 Å². The van der Waals surface area contributed by atoms with Crippen molar-refractivity contribution in [3.05, 3.63) is 0 Å². The van der Waals surface area contributed by atoms with Crippen LogP contribution in [0.25, 0.3) is 0 Å². The Morgan fingerprint density at radius 1 is 1.50 bits per heavy atom. The van der Waals surface area contributed by atoms with Gasteiger partial charge in [-0.05, 0) is 12.8 Å². The standard InChI is InChI=1S/C8H17NO5S2/c1-2-7(5-10)9-16(13,14)8-3-4-15(11,12)6-8/h7-10H,2-6H2,1H3/t7-,8?/m1/s1. The smallest absolute Gasteiger partial charge is 0.215 e. The Labute approximate surface area is 96.0 Å². The molecule has 1 rings (SSSR count). The number of nitrogens with one attached hydrogen (secondary N) is 1. The number of hydrogen-bond acceptors (Lipinski definition) is 5. The van der Waals surface area contributed by atoms with E-state index >= 15 is 0 Å². The Bertz CT molecular complexity index is 423. The van der Waals surface area contributed by atoms with Crippen LogP contribution < -0.4 is 4.72 Å².